The standard InChI is InChI=1S/C16H24N2O3/c1-4-12(2)18(3)10-9-17-16(19)15-11-20-13-7-5-6-8-14(13)21-15/h5-8,12,15H,4,9-11H2,1-3H3,(H,17,19). The van der Waals surface area contributed by atoms with Crippen molar-refractivity contribution in [2.24, 2.45) is 0 Å². The highest BCUT2D eigenvalue weighted by Gasteiger charge is 2.26. The molecule has 0 fully saturated rings. The lowest BCUT2D eigenvalue weighted by Crippen LogP contribution is -2.46. The smallest absolute Gasteiger partial charge is 0.264 e. The first-order valence-electron chi connectivity index (χ1n) is 7.48. The first-order chi connectivity index (χ1) is 10.1. The second-order valence-electron chi connectivity index (χ2n) is 5.39. The van der Waals surface area contributed by atoms with Crippen LogP contribution in [0.15, 0.2) is 24.3 Å². The highest BCUT2D eigenvalue weighted by atomic mass is 16.6. The van der Waals surface area contributed by atoms with Crippen molar-refractivity contribution in [1.82, 2.24) is 10.2 Å². The summed E-state index contributed by atoms with van der Waals surface area (Å²) in [5, 5.41) is 2.91. The fourth-order valence-electron chi connectivity index (χ4n) is 2.15. The molecule has 1 amide bonds. The van der Waals surface area contributed by atoms with Gasteiger partial charge in [-0.15, -0.1) is 0 Å². The third kappa shape index (κ3) is 4.11. The zero-order chi connectivity index (χ0) is 15.2. The van der Waals surface area contributed by atoms with Crippen molar-refractivity contribution < 1.29 is 14.3 Å². The molecule has 0 aromatic heterocycles. The third-order valence-corrected chi connectivity index (χ3v) is 3.91. The molecule has 0 spiro atoms. The molecule has 1 aliphatic rings. The molecule has 2 atom stereocenters. The Balaban J connectivity index is 1.77. The molecule has 1 heterocycles. The number of hydrogen-bond donors (Lipinski definition) is 1. The van der Waals surface area contributed by atoms with Crippen LogP contribution >= 0.6 is 0 Å². The summed E-state index contributed by atoms with van der Waals surface area (Å²) in [6, 6.07) is 7.91. The average molecular weight is 292 g/mol. The number of benzene rings is 1. The minimum Gasteiger partial charge on any atom is -0.485 e. The molecule has 0 bridgehead atoms. The molecular weight excluding hydrogens is 268 g/mol. The van der Waals surface area contributed by atoms with E-state index in [4.69, 9.17) is 9.47 Å². The number of hydrogen-bond acceptors (Lipinski definition) is 4. The Bertz CT molecular complexity index is 478. The largest absolute Gasteiger partial charge is 0.485 e. The van der Waals surface area contributed by atoms with Crippen molar-refractivity contribution in [3.05, 3.63) is 24.3 Å². The van der Waals surface area contributed by atoms with Gasteiger partial charge in [0.05, 0.1) is 0 Å². The van der Waals surface area contributed by atoms with E-state index in [0.29, 0.717) is 24.1 Å². The molecule has 1 aromatic rings. The predicted molar refractivity (Wildman–Crippen MR) is 81.7 cm³/mol. The van der Waals surface area contributed by atoms with Crippen LogP contribution in [0.2, 0.25) is 0 Å². The molecular formula is C16H24N2O3. The molecule has 21 heavy (non-hydrogen) atoms. The first kappa shape index (κ1) is 15.6. The Kier molecular flexibility index (Phi) is 5.44. The number of para-hydroxylation sites is 2. The number of rotatable bonds is 6. The van der Waals surface area contributed by atoms with E-state index in [9.17, 15) is 4.79 Å². The van der Waals surface area contributed by atoms with Gasteiger partial charge in [-0.1, -0.05) is 19.1 Å². The monoisotopic (exact) mass is 292 g/mol. The molecule has 1 aliphatic heterocycles. The minimum absolute atomic E-state index is 0.123. The van der Waals surface area contributed by atoms with Gasteiger partial charge in [0.2, 0.25) is 6.10 Å². The molecule has 116 valence electrons. The molecule has 0 saturated heterocycles. The van der Waals surface area contributed by atoms with Crippen LogP contribution in [0, 0.1) is 0 Å². The Morgan fingerprint density at radius 3 is 2.86 bits per heavy atom. The maximum absolute atomic E-state index is 12.1. The first-order valence-corrected chi connectivity index (χ1v) is 7.48. The normalized spacial score (nSPS) is 18.4. The van der Waals surface area contributed by atoms with Crippen molar-refractivity contribution in [3.8, 4) is 11.5 Å². The van der Waals surface area contributed by atoms with Crippen LogP contribution in [0.1, 0.15) is 20.3 Å². The van der Waals surface area contributed by atoms with Crippen molar-refractivity contribution in [2.45, 2.75) is 32.4 Å². The van der Waals surface area contributed by atoms with Crippen molar-refractivity contribution in [3.63, 3.8) is 0 Å². The SMILES string of the molecule is CCC(C)N(C)CCNC(=O)C1COc2ccccc2O1. The molecule has 1 N–H and O–H groups in total. The van der Waals surface area contributed by atoms with Crippen LogP contribution in [-0.2, 0) is 4.79 Å². The number of carbonyl (C=O) groups is 1. The summed E-state index contributed by atoms with van der Waals surface area (Å²) in [7, 11) is 2.07. The maximum Gasteiger partial charge on any atom is 0.264 e. The van der Waals surface area contributed by atoms with Crippen molar-refractivity contribution in [2.75, 3.05) is 26.7 Å². The minimum atomic E-state index is -0.575. The van der Waals surface area contributed by atoms with Crippen LogP contribution in [0.5, 0.6) is 11.5 Å². The number of carbonyl (C=O) groups excluding carboxylic acids is 1. The number of fused-ring (bicyclic) bond motifs is 1. The van der Waals surface area contributed by atoms with Gasteiger partial charge in [0.1, 0.15) is 6.61 Å². The summed E-state index contributed by atoms with van der Waals surface area (Å²) in [5.41, 5.74) is 0. The molecule has 5 heteroatoms. The third-order valence-electron chi connectivity index (χ3n) is 3.91. The molecule has 2 unspecified atom stereocenters. The topological polar surface area (TPSA) is 50.8 Å². The van der Waals surface area contributed by atoms with Gasteiger partial charge in [0.25, 0.3) is 5.91 Å². The fourth-order valence-corrected chi connectivity index (χ4v) is 2.15. The second kappa shape index (κ2) is 7.31. The zero-order valence-corrected chi connectivity index (χ0v) is 13.0. The van der Waals surface area contributed by atoms with E-state index >= 15 is 0 Å². The van der Waals surface area contributed by atoms with E-state index in [1.165, 1.54) is 0 Å². The summed E-state index contributed by atoms with van der Waals surface area (Å²) in [6.07, 6.45) is 0.523. The van der Waals surface area contributed by atoms with E-state index in [-0.39, 0.29) is 12.5 Å². The van der Waals surface area contributed by atoms with Gasteiger partial charge in [-0.2, -0.15) is 0 Å². The molecule has 0 saturated carbocycles. The number of ether oxygens (including phenoxy) is 2. The molecule has 0 aliphatic carbocycles. The summed E-state index contributed by atoms with van der Waals surface area (Å²) in [6.45, 7) is 6.03. The van der Waals surface area contributed by atoms with Gasteiger partial charge in [0.15, 0.2) is 11.5 Å². The van der Waals surface area contributed by atoms with Crippen LogP contribution in [0.3, 0.4) is 0 Å². The predicted octanol–water partition coefficient (Wildman–Crippen LogP) is 1.67. The highest BCUT2D eigenvalue weighted by Crippen LogP contribution is 2.30. The van der Waals surface area contributed by atoms with Crippen LogP contribution in [0.4, 0.5) is 0 Å². The van der Waals surface area contributed by atoms with Crippen molar-refractivity contribution >= 4 is 5.91 Å². The summed E-state index contributed by atoms with van der Waals surface area (Å²) in [4.78, 5) is 14.3. The van der Waals surface area contributed by atoms with Gasteiger partial charge in [-0.3, -0.25) is 4.79 Å². The van der Waals surface area contributed by atoms with E-state index in [2.05, 4.69) is 31.1 Å². The quantitative estimate of drug-likeness (QED) is 0.866. The van der Waals surface area contributed by atoms with E-state index < -0.39 is 6.10 Å². The maximum atomic E-state index is 12.1. The summed E-state index contributed by atoms with van der Waals surface area (Å²) >= 11 is 0. The summed E-state index contributed by atoms with van der Waals surface area (Å²) in [5.74, 6) is 1.20. The Hall–Kier alpha value is -1.75. The lowest BCUT2D eigenvalue weighted by Gasteiger charge is -2.27. The second-order valence-corrected chi connectivity index (χ2v) is 5.39. The lowest BCUT2D eigenvalue weighted by atomic mass is 10.2. The Labute approximate surface area is 126 Å². The number of likely N-dealkylation sites (N-methyl/N-ethyl adjacent to an activating group) is 1. The zero-order valence-electron chi connectivity index (χ0n) is 13.0. The number of amides is 1. The molecule has 2 rings (SSSR count). The van der Waals surface area contributed by atoms with Gasteiger partial charge in [-0.25, -0.2) is 0 Å². The molecule has 5 nitrogen and oxygen atoms in total. The Morgan fingerprint density at radius 1 is 1.43 bits per heavy atom. The van der Waals surface area contributed by atoms with Gasteiger partial charge < -0.3 is 19.7 Å². The van der Waals surface area contributed by atoms with Gasteiger partial charge in [-0.05, 0) is 32.5 Å². The van der Waals surface area contributed by atoms with Crippen molar-refractivity contribution in [1.29, 1.82) is 0 Å². The Morgan fingerprint density at radius 2 is 2.14 bits per heavy atom. The number of nitrogens with zero attached hydrogens (tertiary/aromatic N) is 1. The van der Waals surface area contributed by atoms with Crippen LogP contribution < -0.4 is 14.8 Å². The van der Waals surface area contributed by atoms with Crippen LogP contribution in [0.25, 0.3) is 0 Å². The average Bonchev–Trinajstić information content (AvgIpc) is 2.53. The summed E-state index contributed by atoms with van der Waals surface area (Å²) < 4.78 is 11.2. The van der Waals surface area contributed by atoms with E-state index in [0.717, 1.165) is 13.0 Å². The number of nitrogens with one attached hydrogen (secondary N) is 1. The highest BCUT2D eigenvalue weighted by molar-refractivity contribution is 5.81. The van der Waals surface area contributed by atoms with E-state index in [1.807, 2.05) is 24.3 Å². The fraction of sp³-hybridized carbons (Fsp3) is 0.562. The van der Waals surface area contributed by atoms with Crippen LogP contribution in [-0.4, -0.2) is 49.7 Å². The van der Waals surface area contributed by atoms with E-state index in [1.54, 1.807) is 0 Å². The molecule has 1 aromatic carbocycles. The van der Waals surface area contributed by atoms with Gasteiger partial charge >= 0.3 is 0 Å². The van der Waals surface area contributed by atoms with Gasteiger partial charge in [0, 0.05) is 19.1 Å². The lowest BCUT2D eigenvalue weighted by molar-refractivity contribution is -0.130. The molecule has 0 radical (unpaired) electrons.